The van der Waals surface area contributed by atoms with Crippen LogP contribution >= 0.6 is 0 Å². The second-order valence-electron chi connectivity index (χ2n) is 2.89. The first kappa shape index (κ1) is 12.8. The van der Waals surface area contributed by atoms with Crippen LogP contribution in [0.2, 0.25) is 0 Å². The molecule has 1 aromatic carbocycles. The van der Waals surface area contributed by atoms with E-state index in [1.807, 2.05) is 0 Å². The van der Waals surface area contributed by atoms with Crippen molar-refractivity contribution in [2.24, 2.45) is 0 Å². The van der Waals surface area contributed by atoms with Gasteiger partial charge in [0, 0.05) is 6.07 Å². The fourth-order valence-electron chi connectivity index (χ4n) is 1.20. The number of hydrogen-bond donors (Lipinski definition) is 0. The van der Waals surface area contributed by atoms with Crippen LogP contribution < -0.4 is 4.74 Å². The molecular formula is C9H5F3N2O3. The molecule has 0 bridgehead atoms. The molecule has 0 spiro atoms. The summed E-state index contributed by atoms with van der Waals surface area (Å²) in [5.74, 6) is -0.728. The number of alkyl halides is 3. The van der Waals surface area contributed by atoms with Gasteiger partial charge in [-0.2, -0.15) is 5.26 Å². The van der Waals surface area contributed by atoms with Gasteiger partial charge >= 0.3 is 6.36 Å². The number of benzene rings is 1. The van der Waals surface area contributed by atoms with Gasteiger partial charge in [0.15, 0.2) is 0 Å². The Kier molecular flexibility index (Phi) is 3.52. The van der Waals surface area contributed by atoms with Gasteiger partial charge in [-0.05, 0) is 6.07 Å². The van der Waals surface area contributed by atoms with E-state index >= 15 is 0 Å². The summed E-state index contributed by atoms with van der Waals surface area (Å²) < 4.78 is 39.7. The molecule has 0 aliphatic heterocycles. The molecule has 0 amide bonds. The molecule has 0 saturated heterocycles. The van der Waals surface area contributed by atoms with Gasteiger partial charge in [-0.25, -0.2) is 0 Å². The highest BCUT2D eigenvalue weighted by Crippen LogP contribution is 2.32. The minimum absolute atomic E-state index is 0.391. The average molecular weight is 246 g/mol. The second-order valence-corrected chi connectivity index (χ2v) is 2.89. The molecule has 8 heteroatoms. The van der Waals surface area contributed by atoms with Gasteiger partial charge in [0.1, 0.15) is 5.75 Å². The monoisotopic (exact) mass is 246 g/mol. The third kappa shape index (κ3) is 3.34. The second kappa shape index (κ2) is 4.69. The van der Waals surface area contributed by atoms with Crippen molar-refractivity contribution in [2.75, 3.05) is 0 Å². The maximum absolute atomic E-state index is 12.0. The molecule has 0 saturated carbocycles. The summed E-state index contributed by atoms with van der Waals surface area (Å²) in [4.78, 5) is 9.71. The number of nitrogens with zero attached hydrogens (tertiary/aromatic N) is 2. The Balaban J connectivity index is 3.26. The maximum Gasteiger partial charge on any atom is 0.573 e. The lowest BCUT2D eigenvalue weighted by atomic mass is 10.1. The predicted octanol–water partition coefficient (Wildman–Crippen LogP) is 2.56. The molecule has 5 nitrogen and oxygen atoms in total. The minimum atomic E-state index is -4.96. The van der Waals surface area contributed by atoms with E-state index in [1.165, 1.54) is 0 Å². The fraction of sp³-hybridized carbons (Fsp3) is 0.222. The van der Waals surface area contributed by atoms with Crippen molar-refractivity contribution >= 4 is 5.69 Å². The zero-order chi connectivity index (χ0) is 13.1. The van der Waals surface area contributed by atoms with Gasteiger partial charge in [0.25, 0.3) is 5.69 Å². The number of nitro benzene ring substituents is 1. The highest BCUT2D eigenvalue weighted by atomic mass is 19.4. The summed E-state index contributed by atoms with van der Waals surface area (Å²) in [7, 11) is 0. The van der Waals surface area contributed by atoms with Crippen LogP contribution in [0.4, 0.5) is 18.9 Å². The molecular weight excluding hydrogens is 241 g/mol. The number of hydrogen-bond acceptors (Lipinski definition) is 4. The topological polar surface area (TPSA) is 76.2 Å². The highest BCUT2D eigenvalue weighted by Gasteiger charge is 2.33. The Hall–Kier alpha value is -2.30. The smallest absolute Gasteiger partial charge is 0.405 e. The van der Waals surface area contributed by atoms with Crippen LogP contribution in [0.3, 0.4) is 0 Å². The number of rotatable bonds is 3. The quantitative estimate of drug-likeness (QED) is 0.606. The van der Waals surface area contributed by atoms with E-state index in [0.29, 0.717) is 0 Å². The number of ether oxygens (including phenoxy) is 1. The molecule has 0 N–H and O–H groups in total. The largest absolute Gasteiger partial charge is 0.573 e. The van der Waals surface area contributed by atoms with Crippen LogP contribution in [-0.4, -0.2) is 11.3 Å². The van der Waals surface area contributed by atoms with E-state index < -0.39 is 34.7 Å². The van der Waals surface area contributed by atoms with Crippen molar-refractivity contribution in [3.8, 4) is 11.8 Å². The molecule has 1 aromatic rings. The van der Waals surface area contributed by atoms with Crippen molar-refractivity contribution in [1.29, 1.82) is 5.26 Å². The Labute approximate surface area is 93.2 Å². The molecule has 0 heterocycles. The van der Waals surface area contributed by atoms with Gasteiger partial charge in [-0.1, -0.05) is 6.07 Å². The average Bonchev–Trinajstić information content (AvgIpc) is 2.18. The van der Waals surface area contributed by atoms with Crippen molar-refractivity contribution in [2.45, 2.75) is 12.8 Å². The van der Waals surface area contributed by atoms with E-state index in [-0.39, 0.29) is 0 Å². The van der Waals surface area contributed by atoms with Crippen molar-refractivity contribution in [3.63, 3.8) is 0 Å². The first-order chi connectivity index (χ1) is 7.85. The number of nitro groups is 1. The third-order valence-electron chi connectivity index (χ3n) is 1.79. The predicted molar refractivity (Wildman–Crippen MR) is 49.1 cm³/mol. The molecule has 0 aliphatic carbocycles. The maximum atomic E-state index is 12.0. The van der Waals surface area contributed by atoms with E-state index in [1.54, 1.807) is 6.07 Å². The lowest BCUT2D eigenvalue weighted by molar-refractivity contribution is -0.385. The lowest BCUT2D eigenvalue weighted by Gasteiger charge is -2.11. The molecule has 90 valence electrons. The van der Waals surface area contributed by atoms with Gasteiger partial charge in [0.2, 0.25) is 0 Å². The van der Waals surface area contributed by atoms with E-state index in [9.17, 15) is 23.3 Å². The molecule has 0 radical (unpaired) electrons. The summed E-state index contributed by atoms with van der Waals surface area (Å²) in [5, 5.41) is 19.0. The van der Waals surface area contributed by atoms with E-state index in [0.717, 1.165) is 18.2 Å². The van der Waals surface area contributed by atoms with Gasteiger partial charge < -0.3 is 4.74 Å². The molecule has 0 aliphatic rings. The third-order valence-corrected chi connectivity index (χ3v) is 1.79. The van der Waals surface area contributed by atoms with E-state index in [4.69, 9.17) is 5.26 Å². The molecule has 0 unspecified atom stereocenters. The Bertz CT molecular complexity index is 479. The van der Waals surface area contributed by atoms with E-state index in [2.05, 4.69) is 4.74 Å². The highest BCUT2D eigenvalue weighted by molar-refractivity contribution is 5.50. The molecule has 0 fully saturated rings. The van der Waals surface area contributed by atoms with Gasteiger partial charge in [-0.3, -0.25) is 10.1 Å². The van der Waals surface area contributed by atoms with Crippen molar-refractivity contribution in [3.05, 3.63) is 33.9 Å². The zero-order valence-electron chi connectivity index (χ0n) is 8.19. The van der Waals surface area contributed by atoms with Crippen LogP contribution in [-0.2, 0) is 6.42 Å². The molecule has 1 rings (SSSR count). The molecule has 17 heavy (non-hydrogen) atoms. The SMILES string of the molecule is N#CCc1c(OC(F)(F)F)cccc1[N+](=O)[O-]. The van der Waals surface area contributed by atoms with Crippen LogP contribution in [0, 0.1) is 21.4 Å². The lowest BCUT2D eigenvalue weighted by Crippen LogP contribution is -2.18. The van der Waals surface area contributed by atoms with Crippen LogP contribution in [0.25, 0.3) is 0 Å². The summed E-state index contributed by atoms with van der Waals surface area (Å²) in [5.41, 5.74) is -0.967. The normalized spacial score (nSPS) is 10.7. The number of halogens is 3. The van der Waals surface area contributed by atoms with Crippen LogP contribution in [0.5, 0.6) is 5.75 Å². The Morgan fingerprint density at radius 2 is 2.12 bits per heavy atom. The Morgan fingerprint density at radius 3 is 2.59 bits per heavy atom. The molecule has 0 aromatic heterocycles. The summed E-state index contributed by atoms with van der Waals surface area (Å²) in [6.07, 6.45) is -5.50. The van der Waals surface area contributed by atoms with Gasteiger partial charge in [0.05, 0.1) is 23.0 Å². The number of nitriles is 1. The van der Waals surface area contributed by atoms with Crippen LogP contribution in [0.15, 0.2) is 18.2 Å². The minimum Gasteiger partial charge on any atom is -0.405 e. The summed E-state index contributed by atoms with van der Waals surface area (Å²) in [6, 6.07) is 4.54. The summed E-state index contributed by atoms with van der Waals surface area (Å²) in [6.45, 7) is 0. The van der Waals surface area contributed by atoms with Crippen LogP contribution in [0.1, 0.15) is 5.56 Å². The fourth-order valence-corrected chi connectivity index (χ4v) is 1.20. The van der Waals surface area contributed by atoms with Crippen molar-refractivity contribution < 1.29 is 22.8 Å². The van der Waals surface area contributed by atoms with Gasteiger partial charge in [-0.15, -0.1) is 13.2 Å². The molecule has 0 atom stereocenters. The standard InChI is InChI=1S/C9H5F3N2O3/c10-9(11,12)17-8-3-1-2-7(14(15)16)6(8)4-5-13/h1-3H,4H2. The Morgan fingerprint density at radius 1 is 1.47 bits per heavy atom. The first-order valence-electron chi connectivity index (χ1n) is 4.24. The van der Waals surface area contributed by atoms with Crippen molar-refractivity contribution in [1.82, 2.24) is 0 Å². The summed E-state index contributed by atoms with van der Waals surface area (Å²) >= 11 is 0. The zero-order valence-corrected chi connectivity index (χ0v) is 8.19. The first-order valence-corrected chi connectivity index (χ1v) is 4.24.